The minimum atomic E-state index is -0.397. The Balaban J connectivity index is 1.40. The molecule has 0 unspecified atom stereocenters. The van der Waals surface area contributed by atoms with Gasteiger partial charge in [-0.25, -0.2) is 4.79 Å². The van der Waals surface area contributed by atoms with E-state index in [-0.39, 0.29) is 11.3 Å². The number of carbonyl (C=O) groups excluding carboxylic acids is 2. The standard InChI is InChI=1S/C30H36ClNO3/c1-35-28(33)17-10-22-6-5-7-27(20-22)32-29(34)30(18-3-2-4-19-30)21-23-8-11-24(12-9-23)25-13-15-26(31)16-14-25/h5-7,10,13-17,20,23-24H,2-4,8-9,11-12,18-19,21H2,1H3,(H,32,34)/b17-10+. The van der Waals surface area contributed by atoms with E-state index in [4.69, 9.17) is 11.6 Å². The Bertz CT molecular complexity index is 1030. The topological polar surface area (TPSA) is 55.4 Å². The molecule has 1 amide bonds. The van der Waals surface area contributed by atoms with Gasteiger partial charge >= 0.3 is 5.97 Å². The minimum Gasteiger partial charge on any atom is -0.466 e. The number of rotatable bonds is 7. The molecule has 0 aromatic heterocycles. The zero-order valence-electron chi connectivity index (χ0n) is 20.6. The average molecular weight is 494 g/mol. The minimum absolute atomic E-state index is 0.158. The van der Waals surface area contributed by atoms with Gasteiger partial charge in [0.1, 0.15) is 0 Å². The van der Waals surface area contributed by atoms with Crippen LogP contribution in [0.4, 0.5) is 5.69 Å². The highest BCUT2D eigenvalue weighted by molar-refractivity contribution is 6.30. The second-order valence-corrected chi connectivity index (χ2v) is 10.7. The monoisotopic (exact) mass is 493 g/mol. The molecule has 35 heavy (non-hydrogen) atoms. The van der Waals surface area contributed by atoms with Crippen molar-refractivity contribution >= 4 is 35.2 Å². The number of methoxy groups -OCH3 is 1. The SMILES string of the molecule is COC(=O)/C=C/c1cccc(NC(=O)C2(CC3CCC(c4ccc(Cl)cc4)CC3)CCCCC2)c1. The summed E-state index contributed by atoms with van der Waals surface area (Å²) < 4.78 is 4.67. The molecule has 2 fully saturated rings. The van der Waals surface area contributed by atoms with E-state index in [0.717, 1.165) is 48.4 Å². The van der Waals surface area contributed by atoms with Crippen LogP contribution in [-0.4, -0.2) is 19.0 Å². The van der Waals surface area contributed by atoms with E-state index >= 15 is 0 Å². The predicted octanol–water partition coefficient (Wildman–Crippen LogP) is 7.78. The summed E-state index contributed by atoms with van der Waals surface area (Å²) >= 11 is 6.07. The van der Waals surface area contributed by atoms with Crippen LogP contribution in [0.1, 0.15) is 81.3 Å². The third kappa shape index (κ3) is 6.76. The first-order valence-electron chi connectivity index (χ1n) is 12.9. The first-order chi connectivity index (χ1) is 17.0. The largest absolute Gasteiger partial charge is 0.466 e. The van der Waals surface area contributed by atoms with Crippen molar-refractivity contribution in [3.8, 4) is 0 Å². The second-order valence-electron chi connectivity index (χ2n) is 10.3. The van der Waals surface area contributed by atoms with Gasteiger partial charge in [-0.1, -0.05) is 55.1 Å². The number of benzene rings is 2. The summed E-state index contributed by atoms with van der Waals surface area (Å²) in [5, 5.41) is 4.01. The van der Waals surface area contributed by atoms with Gasteiger partial charge in [-0.3, -0.25) is 4.79 Å². The zero-order chi connectivity index (χ0) is 24.7. The molecule has 4 rings (SSSR count). The lowest BCUT2D eigenvalue weighted by Crippen LogP contribution is -2.40. The van der Waals surface area contributed by atoms with Crippen LogP contribution in [-0.2, 0) is 14.3 Å². The molecule has 0 atom stereocenters. The van der Waals surface area contributed by atoms with Gasteiger partial charge < -0.3 is 10.1 Å². The molecule has 1 N–H and O–H groups in total. The molecule has 4 nitrogen and oxygen atoms in total. The normalized spacial score (nSPS) is 22.0. The number of hydrogen-bond donors (Lipinski definition) is 1. The van der Waals surface area contributed by atoms with Crippen molar-refractivity contribution in [1.29, 1.82) is 0 Å². The van der Waals surface area contributed by atoms with Crippen molar-refractivity contribution in [3.05, 3.63) is 70.8 Å². The fraction of sp³-hybridized carbons (Fsp3) is 0.467. The molecular weight excluding hydrogens is 458 g/mol. The van der Waals surface area contributed by atoms with E-state index in [2.05, 4.69) is 22.2 Å². The van der Waals surface area contributed by atoms with Gasteiger partial charge in [0.15, 0.2) is 0 Å². The van der Waals surface area contributed by atoms with Crippen molar-refractivity contribution in [2.45, 2.75) is 70.1 Å². The maximum absolute atomic E-state index is 13.7. The number of nitrogens with one attached hydrogen (secondary N) is 1. The van der Waals surface area contributed by atoms with Gasteiger partial charge in [0.2, 0.25) is 5.91 Å². The molecule has 0 bridgehead atoms. The van der Waals surface area contributed by atoms with Crippen LogP contribution < -0.4 is 5.32 Å². The van der Waals surface area contributed by atoms with Crippen LogP contribution in [0.3, 0.4) is 0 Å². The number of amides is 1. The Morgan fingerprint density at radius 1 is 1.03 bits per heavy atom. The molecule has 0 radical (unpaired) electrons. The molecule has 0 heterocycles. The molecule has 0 spiro atoms. The predicted molar refractivity (Wildman–Crippen MR) is 142 cm³/mol. The van der Waals surface area contributed by atoms with E-state index in [0.29, 0.717) is 11.8 Å². The Hall–Kier alpha value is -2.59. The van der Waals surface area contributed by atoms with Gasteiger partial charge in [0, 0.05) is 22.2 Å². The lowest BCUT2D eigenvalue weighted by atomic mass is 9.65. The number of anilines is 1. The van der Waals surface area contributed by atoms with Crippen molar-refractivity contribution < 1.29 is 14.3 Å². The first-order valence-corrected chi connectivity index (χ1v) is 13.3. The maximum Gasteiger partial charge on any atom is 0.330 e. The Labute approximate surface area is 214 Å². The van der Waals surface area contributed by atoms with Crippen LogP contribution in [0.15, 0.2) is 54.6 Å². The summed E-state index contributed by atoms with van der Waals surface area (Å²) in [5.74, 6) is 0.953. The van der Waals surface area contributed by atoms with E-state index in [9.17, 15) is 9.59 Å². The Kier molecular flexibility index (Phi) is 8.67. The fourth-order valence-corrected chi connectivity index (χ4v) is 6.08. The molecule has 186 valence electrons. The molecule has 0 aliphatic heterocycles. The van der Waals surface area contributed by atoms with Crippen LogP contribution in [0.5, 0.6) is 0 Å². The molecule has 0 saturated heterocycles. The zero-order valence-corrected chi connectivity index (χ0v) is 21.4. The first kappa shape index (κ1) is 25.5. The Morgan fingerprint density at radius 3 is 2.43 bits per heavy atom. The molecule has 2 aromatic carbocycles. The summed E-state index contributed by atoms with van der Waals surface area (Å²) in [5.41, 5.74) is 2.73. The lowest BCUT2D eigenvalue weighted by Gasteiger charge is -2.40. The van der Waals surface area contributed by atoms with Crippen LogP contribution >= 0.6 is 11.6 Å². The molecular formula is C30H36ClNO3. The van der Waals surface area contributed by atoms with Gasteiger partial charge in [-0.15, -0.1) is 0 Å². The average Bonchev–Trinajstić information content (AvgIpc) is 2.89. The van der Waals surface area contributed by atoms with Crippen molar-refractivity contribution in [3.63, 3.8) is 0 Å². The number of esters is 1. The molecule has 2 aliphatic rings. The highest BCUT2D eigenvalue weighted by Crippen LogP contribution is 2.47. The van der Waals surface area contributed by atoms with Gasteiger partial charge in [0.05, 0.1) is 7.11 Å². The van der Waals surface area contributed by atoms with Crippen LogP contribution in [0, 0.1) is 11.3 Å². The molecule has 5 heteroatoms. The van der Waals surface area contributed by atoms with Crippen LogP contribution in [0.25, 0.3) is 6.08 Å². The summed E-state index contributed by atoms with van der Waals surface area (Å²) in [4.78, 5) is 25.1. The quantitative estimate of drug-likeness (QED) is 0.316. The van der Waals surface area contributed by atoms with E-state index in [1.165, 1.54) is 50.9 Å². The third-order valence-corrected chi connectivity index (χ3v) is 8.17. The number of halogens is 1. The molecule has 2 aliphatic carbocycles. The highest BCUT2D eigenvalue weighted by atomic mass is 35.5. The molecule has 2 saturated carbocycles. The summed E-state index contributed by atoms with van der Waals surface area (Å²) in [6.45, 7) is 0. The van der Waals surface area contributed by atoms with E-state index in [1.54, 1.807) is 6.08 Å². The highest BCUT2D eigenvalue weighted by Gasteiger charge is 2.41. The van der Waals surface area contributed by atoms with Gasteiger partial charge in [-0.05, 0) is 98.2 Å². The van der Waals surface area contributed by atoms with Crippen molar-refractivity contribution in [2.24, 2.45) is 11.3 Å². The Morgan fingerprint density at radius 2 is 1.74 bits per heavy atom. The van der Waals surface area contributed by atoms with Crippen molar-refractivity contribution in [2.75, 3.05) is 12.4 Å². The number of hydrogen-bond acceptors (Lipinski definition) is 3. The van der Waals surface area contributed by atoms with Crippen molar-refractivity contribution in [1.82, 2.24) is 0 Å². The van der Waals surface area contributed by atoms with Gasteiger partial charge in [0.25, 0.3) is 0 Å². The second kappa shape index (κ2) is 11.9. The summed E-state index contributed by atoms with van der Waals surface area (Å²) in [6.07, 6.45) is 14.2. The fourth-order valence-electron chi connectivity index (χ4n) is 5.96. The number of carbonyl (C=O) groups is 2. The van der Waals surface area contributed by atoms with Gasteiger partial charge in [-0.2, -0.15) is 0 Å². The molecule has 2 aromatic rings. The van der Waals surface area contributed by atoms with E-state index in [1.807, 2.05) is 36.4 Å². The smallest absolute Gasteiger partial charge is 0.330 e. The lowest BCUT2D eigenvalue weighted by molar-refractivity contribution is -0.134. The summed E-state index contributed by atoms with van der Waals surface area (Å²) in [7, 11) is 1.36. The summed E-state index contributed by atoms with van der Waals surface area (Å²) in [6, 6.07) is 15.9. The maximum atomic E-state index is 13.7. The third-order valence-electron chi connectivity index (χ3n) is 7.92. The van der Waals surface area contributed by atoms with Crippen LogP contribution in [0.2, 0.25) is 5.02 Å². The number of ether oxygens (including phenoxy) is 1. The van der Waals surface area contributed by atoms with E-state index < -0.39 is 5.97 Å².